The van der Waals surface area contributed by atoms with Crippen molar-refractivity contribution in [2.75, 3.05) is 7.11 Å². The number of carbonyl (C=O) groups is 2. The Kier molecular flexibility index (Phi) is 3.73. The SMILES string of the molecule is COC(=O)[C@@H]1C=C2C3C(C(=O)OC(C)(C)C)=CC=CC3=NC2(O)O1. The molecule has 3 aliphatic rings. The molecule has 1 aliphatic carbocycles. The molecule has 3 atom stereocenters. The van der Waals surface area contributed by atoms with Gasteiger partial charge in [-0.1, -0.05) is 12.2 Å². The van der Waals surface area contributed by atoms with E-state index in [1.165, 1.54) is 13.2 Å². The van der Waals surface area contributed by atoms with Crippen molar-refractivity contribution in [1.29, 1.82) is 0 Å². The van der Waals surface area contributed by atoms with Crippen molar-refractivity contribution < 1.29 is 28.9 Å². The highest BCUT2D eigenvalue weighted by molar-refractivity contribution is 6.11. The van der Waals surface area contributed by atoms with Gasteiger partial charge in [-0.15, -0.1) is 0 Å². The van der Waals surface area contributed by atoms with E-state index in [4.69, 9.17) is 9.47 Å². The number of carbonyl (C=O) groups excluding carboxylic acids is 2. The molecule has 1 N–H and O–H groups in total. The molecular weight excluding hydrogens is 314 g/mol. The van der Waals surface area contributed by atoms with E-state index in [9.17, 15) is 14.7 Å². The minimum Gasteiger partial charge on any atom is -0.467 e. The third-order valence-corrected chi connectivity index (χ3v) is 3.81. The molecule has 24 heavy (non-hydrogen) atoms. The average molecular weight is 333 g/mol. The summed E-state index contributed by atoms with van der Waals surface area (Å²) in [5.41, 5.74) is 0.493. The summed E-state index contributed by atoms with van der Waals surface area (Å²) in [6, 6.07) is 0. The molecule has 7 heteroatoms. The second-order valence-electron chi connectivity index (χ2n) is 6.74. The summed E-state index contributed by atoms with van der Waals surface area (Å²) in [6.45, 7) is 5.32. The molecule has 128 valence electrons. The number of aliphatic imine (C=N–C) groups is 1. The van der Waals surface area contributed by atoms with Gasteiger partial charge < -0.3 is 19.3 Å². The molecule has 2 heterocycles. The van der Waals surface area contributed by atoms with E-state index in [1.807, 2.05) is 0 Å². The number of fused-ring (bicyclic) bond motifs is 3. The second kappa shape index (κ2) is 5.39. The highest BCUT2D eigenvalue weighted by Gasteiger charge is 2.54. The third kappa shape index (κ3) is 2.70. The van der Waals surface area contributed by atoms with Crippen LogP contribution in [0.2, 0.25) is 0 Å². The molecule has 3 rings (SSSR count). The largest absolute Gasteiger partial charge is 0.467 e. The van der Waals surface area contributed by atoms with E-state index in [1.54, 1.807) is 39.0 Å². The van der Waals surface area contributed by atoms with Gasteiger partial charge in [-0.25, -0.2) is 14.6 Å². The number of aliphatic hydroxyl groups is 1. The lowest BCUT2D eigenvalue weighted by Crippen LogP contribution is -2.33. The molecule has 2 unspecified atom stereocenters. The van der Waals surface area contributed by atoms with Crippen LogP contribution in [0.4, 0.5) is 0 Å². The van der Waals surface area contributed by atoms with Gasteiger partial charge in [-0.2, -0.15) is 0 Å². The number of ether oxygens (including phenoxy) is 3. The summed E-state index contributed by atoms with van der Waals surface area (Å²) in [4.78, 5) is 28.3. The van der Waals surface area contributed by atoms with Crippen molar-refractivity contribution in [3.8, 4) is 0 Å². The molecule has 0 saturated heterocycles. The van der Waals surface area contributed by atoms with Gasteiger partial charge in [0.1, 0.15) is 5.60 Å². The van der Waals surface area contributed by atoms with Crippen LogP contribution < -0.4 is 0 Å². The van der Waals surface area contributed by atoms with Gasteiger partial charge in [0, 0.05) is 5.57 Å². The molecule has 0 amide bonds. The number of esters is 2. The molecule has 0 aromatic rings. The minimum atomic E-state index is -1.96. The van der Waals surface area contributed by atoms with Crippen LogP contribution in [0.5, 0.6) is 0 Å². The first kappa shape index (κ1) is 16.6. The monoisotopic (exact) mass is 333 g/mol. The molecule has 0 saturated carbocycles. The number of allylic oxidation sites excluding steroid dienone is 3. The molecule has 0 aromatic carbocycles. The first-order valence-electron chi connectivity index (χ1n) is 7.56. The summed E-state index contributed by atoms with van der Waals surface area (Å²) in [5.74, 6) is -3.72. The number of rotatable bonds is 2. The molecule has 2 aliphatic heterocycles. The van der Waals surface area contributed by atoms with Gasteiger partial charge in [-0.05, 0) is 32.9 Å². The van der Waals surface area contributed by atoms with Crippen molar-refractivity contribution in [2.45, 2.75) is 38.4 Å². The zero-order valence-corrected chi connectivity index (χ0v) is 13.9. The van der Waals surface area contributed by atoms with E-state index in [2.05, 4.69) is 9.73 Å². The fraction of sp³-hybridized carbons (Fsp3) is 0.471. The maximum atomic E-state index is 12.5. The Morgan fingerprint density at radius 3 is 2.71 bits per heavy atom. The number of hydrogen-bond acceptors (Lipinski definition) is 7. The lowest BCUT2D eigenvalue weighted by atomic mass is 9.84. The summed E-state index contributed by atoms with van der Waals surface area (Å²) in [7, 11) is 1.23. The zero-order chi connectivity index (χ0) is 17.7. The van der Waals surface area contributed by atoms with Crippen LogP contribution in [-0.4, -0.2) is 47.5 Å². The van der Waals surface area contributed by atoms with Crippen molar-refractivity contribution >= 4 is 17.7 Å². The molecular formula is C17H19NO6. The van der Waals surface area contributed by atoms with Gasteiger partial charge in [-0.3, -0.25) is 0 Å². The first-order chi connectivity index (χ1) is 11.1. The lowest BCUT2D eigenvalue weighted by Gasteiger charge is -2.25. The van der Waals surface area contributed by atoms with Gasteiger partial charge in [0.2, 0.25) is 0 Å². The molecule has 0 spiro atoms. The van der Waals surface area contributed by atoms with Crippen LogP contribution in [0.3, 0.4) is 0 Å². The second-order valence-corrected chi connectivity index (χ2v) is 6.74. The predicted octanol–water partition coefficient (Wildman–Crippen LogP) is 1.04. The van der Waals surface area contributed by atoms with Crippen LogP contribution in [-0.2, 0) is 23.8 Å². The fourth-order valence-electron chi connectivity index (χ4n) is 2.89. The van der Waals surface area contributed by atoms with E-state index in [0.717, 1.165) is 0 Å². The maximum Gasteiger partial charge on any atom is 0.339 e. The third-order valence-electron chi connectivity index (χ3n) is 3.81. The van der Waals surface area contributed by atoms with Crippen molar-refractivity contribution in [3.05, 3.63) is 35.5 Å². The smallest absolute Gasteiger partial charge is 0.339 e. The van der Waals surface area contributed by atoms with Gasteiger partial charge in [0.05, 0.1) is 24.3 Å². The standard InChI is InChI=1S/C17H19NO6/c1-16(2,3)24-14(19)9-6-5-7-11-13(9)10-8-12(15(20)22-4)23-17(10,21)18-11/h5-8,12-13,21H,1-4H3/t12-,13?,17?/m0/s1. The van der Waals surface area contributed by atoms with Gasteiger partial charge >= 0.3 is 11.9 Å². The minimum absolute atomic E-state index is 0.328. The number of methoxy groups -OCH3 is 1. The lowest BCUT2D eigenvalue weighted by molar-refractivity contribution is -0.189. The Labute approximate surface area is 139 Å². The fourth-order valence-corrected chi connectivity index (χ4v) is 2.89. The van der Waals surface area contributed by atoms with Gasteiger partial charge in [0.25, 0.3) is 5.91 Å². The summed E-state index contributed by atoms with van der Waals surface area (Å²) < 4.78 is 15.4. The Bertz CT molecular complexity index is 724. The van der Waals surface area contributed by atoms with Crippen molar-refractivity contribution in [2.24, 2.45) is 10.9 Å². The van der Waals surface area contributed by atoms with Crippen LogP contribution >= 0.6 is 0 Å². The van der Waals surface area contributed by atoms with E-state index >= 15 is 0 Å². The summed E-state index contributed by atoms with van der Waals surface area (Å²) >= 11 is 0. The summed E-state index contributed by atoms with van der Waals surface area (Å²) in [6.07, 6.45) is 5.36. The molecule has 0 bridgehead atoms. The highest BCUT2D eigenvalue weighted by atomic mass is 16.7. The Morgan fingerprint density at radius 1 is 1.38 bits per heavy atom. The van der Waals surface area contributed by atoms with Crippen LogP contribution in [0.1, 0.15) is 20.8 Å². The Hall–Kier alpha value is -2.25. The first-order valence-corrected chi connectivity index (χ1v) is 7.56. The van der Waals surface area contributed by atoms with Crippen LogP contribution in [0.15, 0.2) is 40.4 Å². The average Bonchev–Trinajstić information content (AvgIpc) is 2.94. The van der Waals surface area contributed by atoms with E-state index < -0.39 is 35.5 Å². The maximum absolute atomic E-state index is 12.5. The molecule has 0 aromatic heterocycles. The van der Waals surface area contributed by atoms with E-state index in [0.29, 0.717) is 16.9 Å². The molecule has 0 radical (unpaired) electrons. The normalized spacial score (nSPS) is 30.8. The molecule has 0 fully saturated rings. The highest BCUT2D eigenvalue weighted by Crippen LogP contribution is 2.46. The Morgan fingerprint density at radius 2 is 2.08 bits per heavy atom. The van der Waals surface area contributed by atoms with Crippen molar-refractivity contribution in [1.82, 2.24) is 0 Å². The van der Waals surface area contributed by atoms with Crippen LogP contribution in [0, 0.1) is 5.92 Å². The topological polar surface area (TPSA) is 94.4 Å². The van der Waals surface area contributed by atoms with Gasteiger partial charge in [0.15, 0.2) is 6.10 Å². The predicted molar refractivity (Wildman–Crippen MR) is 83.9 cm³/mol. The Balaban J connectivity index is 1.95. The van der Waals surface area contributed by atoms with E-state index in [-0.39, 0.29) is 0 Å². The zero-order valence-electron chi connectivity index (χ0n) is 13.9. The quantitative estimate of drug-likeness (QED) is 0.599. The summed E-state index contributed by atoms with van der Waals surface area (Å²) in [5, 5.41) is 10.6. The number of hydrogen-bond donors (Lipinski definition) is 1. The van der Waals surface area contributed by atoms with Crippen molar-refractivity contribution in [3.63, 3.8) is 0 Å². The number of nitrogens with zero attached hydrogens (tertiary/aromatic N) is 1. The van der Waals surface area contributed by atoms with Crippen LogP contribution in [0.25, 0.3) is 0 Å². The molecule has 7 nitrogen and oxygen atoms in total.